The SMILES string of the molecule is Nc1cncc(C2CCCOC2)n1. The minimum absolute atomic E-state index is 0.379. The number of rotatable bonds is 1. The molecule has 1 aromatic heterocycles. The Kier molecular flexibility index (Phi) is 2.40. The Morgan fingerprint density at radius 1 is 1.46 bits per heavy atom. The topological polar surface area (TPSA) is 61.0 Å². The lowest BCUT2D eigenvalue weighted by molar-refractivity contribution is 0.0792. The molecule has 2 heterocycles. The third-order valence-electron chi connectivity index (χ3n) is 2.25. The summed E-state index contributed by atoms with van der Waals surface area (Å²) in [7, 11) is 0. The van der Waals surface area contributed by atoms with Gasteiger partial charge < -0.3 is 10.5 Å². The highest BCUT2D eigenvalue weighted by atomic mass is 16.5. The van der Waals surface area contributed by atoms with Crippen molar-refractivity contribution in [1.29, 1.82) is 0 Å². The van der Waals surface area contributed by atoms with Crippen molar-refractivity contribution in [2.45, 2.75) is 18.8 Å². The van der Waals surface area contributed by atoms with Crippen molar-refractivity contribution in [2.75, 3.05) is 18.9 Å². The van der Waals surface area contributed by atoms with E-state index in [9.17, 15) is 0 Å². The zero-order valence-electron chi connectivity index (χ0n) is 7.44. The molecular weight excluding hydrogens is 166 g/mol. The first kappa shape index (κ1) is 8.44. The van der Waals surface area contributed by atoms with Gasteiger partial charge in [0.2, 0.25) is 0 Å². The predicted molar refractivity (Wildman–Crippen MR) is 49.2 cm³/mol. The molecule has 0 amide bonds. The third-order valence-corrected chi connectivity index (χ3v) is 2.25. The average Bonchev–Trinajstić information content (AvgIpc) is 2.19. The summed E-state index contributed by atoms with van der Waals surface area (Å²) in [6, 6.07) is 0. The second-order valence-corrected chi connectivity index (χ2v) is 3.28. The monoisotopic (exact) mass is 179 g/mol. The molecule has 0 radical (unpaired) electrons. The van der Waals surface area contributed by atoms with Crippen LogP contribution in [0.1, 0.15) is 24.5 Å². The molecule has 1 aliphatic heterocycles. The van der Waals surface area contributed by atoms with Gasteiger partial charge in [0.1, 0.15) is 5.82 Å². The van der Waals surface area contributed by atoms with Crippen LogP contribution in [0.2, 0.25) is 0 Å². The molecule has 1 unspecified atom stereocenters. The van der Waals surface area contributed by atoms with E-state index >= 15 is 0 Å². The van der Waals surface area contributed by atoms with Gasteiger partial charge in [-0.05, 0) is 12.8 Å². The van der Waals surface area contributed by atoms with E-state index in [0.29, 0.717) is 11.7 Å². The fourth-order valence-corrected chi connectivity index (χ4v) is 1.57. The second-order valence-electron chi connectivity index (χ2n) is 3.28. The molecule has 0 aliphatic carbocycles. The van der Waals surface area contributed by atoms with Gasteiger partial charge in [0.25, 0.3) is 0 Å². The van der Waals surface area contributed by atoms with E-state index in [1.165, 1.54) is 0 Å². The highest BCUT2D eigenvalue weighted by Gasteiger charge is 2.17. The predicted octanol–water partition coefficient (Wildman–Crippen LogP) is 0.953. The van der Waals surface area contributed by atoms with Gasteiger partial charge in [-0.2, -0.15) is 0 Å². The minimum atomic E-state index is 0.379. The molecule has 0 aromatic carbocycles. The fourth-order valence-electron chi connectivity index (χ4n) is 1.57. The third kappa shape index (κ3) is 1.95. The van der Waals surface area contributed by atoms with Crippen LogP contribution in [0.3, 0.4) is 0 Å². The van der Waals surface area contributed by atoms with E-state index in [4.69, 9.17) is 10.5 Å². The van der Waals surface area contributed by atoms with Gasteiger partial charge in [-0.1, -0.05) is 0 Å². The summed E-state index contributed by atoms with van der Waals surface area (Å²) in [4.78, 5) is 8.25. The minimum Gasteiger partial charge on any atom is -0.382 e. The first-order valence-corrected chi connectivity index (χ1v) is 4.51. The van der Waals surface area contributed by atoms with E-state index < -0.39 is 0 Å². The molecule has 1 fully saturated rings. The zero-order chi connectivity index (χ0) is 9.10. The number of aromatic nitrogens is 2. The molecule has 1 saturated heterocycles. The largest absolute Gasteiger partial charge is 0.382 e. The number of nitrogens with two attached hydrogens (primary N) is 1. The number of ether oxygens (including phenoxy) is 1. The number of nitrogen functional groups attached to an aromatic ring is 1. The Balaban J connectivity index is 2.14. The van der Waals surface area contributed by atoms with Crippen molar-refractivity contribution < 1.29 is 4.74 Å². The lowest BCUT2D eigenvalue weighted by Crippen LogP contribution is -2.17. The van der Waals surface area contributed by atoms with E-state index in [1.807, 2.05) is 0 Å². The van der Waals surface area contributed by atoms with Crippen LogP contribution in [0.5, 0.6) is 0 Å². The van der Waals surface area contributed by atoms with Gasteiger partial charge >= 0.3 is 0 Å². The molecule has 0 saturated carbocycles. The Bertz CT molecular complexity index is 284. The Hall–Kier alpha value is -1.16. The van der Waals surface area contributed by atoms with Gasteiger partial charge in [0.05, 0.1) is 18.5 Å². The number of hydrogen-bond acceptors (Lipinski definition) is 4. The molecule has 0 spiro atoms. The van der Waals surface area contributed by atoms with Crippen molar-refractivity contribution in [2.24, 2.45) is 0 Å². The summed E-state index contributed by atoms with van der Waals surface area (Å²) in [6.45, 7) is 1.62. The number of hydrogen-bond donors (Lipinski definition) is 1. The van der Waals surface area contributed by atoms with Gasteiger partial charge in [-0.25, -0.2) is 4.98 Å². The van der Waals surface area contributed by atoms with Crippen LogP contribution in [-0.2, 0) is 4.74 Å². The van der Waals surface area contributed by atoms with Crippen molar-refractivity contribution >= 4 is 5.82 Å². The Morgan fingerprint density at radius 3 is 3.08 bits per heavy atom. The summed E-state index contributed by atoms with van der Waals surface area (Å²) in [6.07, 6.45) is 5.56. The van der Waals surface area contributed by atoms with Crippen LogP contribution >= 0.6 is 0 Å². The fraction of sp³-hybridized carbons (Fsp3) is 0.556. The van der Waals surface area contributed by atoms with Crippen LogP contribution < -0.4 is 5.73 Å². The molecule has 2 N–H and O–H groups in total. The summed E-state index contributed by atoms with van der Waals surface area (Å²) >= 11 is 0. The molecule has 4 heteroatoms. The van der Waals surface area contributed by atoms with Gasteiger partial charge in [-0.3, -0.25) is 4.98 Å². The lowest BCUT2D eigenvalue weighted by Gasteiger charge is -2.21. The summed E-state index contributed by atoms with van der Waals surface area (Å²) in [5.41, 5.74) is 6.51. The number of nitrogens with zero attached hydrogens (tertiary/aromatic N) is 2. The Morgan fingerprint density at radius 2 is 2.38 bits per heavy atom. The zero-order valence-corrected chi connectivity index (χ0v) is 7.44. The van der Waals surface area contributed by atoms with E-state index in [-0.39, 0.29) is 0 Å². The molecule has 2 rings (SSSR count). The van der Waals surface area contributed by atoms with Crippen LogP contribution in [0.4, 0.5) is 5.82 Å². The summed E-state index contributed by atoms with van der Waals surface area (Å²) in [5, 5.41) is 0. The molecule has 13 heavy (non-hydrogen) atoms. The number of anilines is 1. The Labute approximate surface area is 77.1 Å². The van der Waals surface area contributed by atoms with E-state index in [0.717, 1.165) is 31.7 Å². The maximum absolute atomic E-state index is 5.55. The molecule has 0 bridgehead atoms. The van der Waals surface area contributed by atoms with Crippen LogP contribution in [-0.4, -0.2) is 23.2 Å². The molecule has 70 valence electrons. The average molecular weight is 179 g/mol. The van der Waals surface area contributed by atoms with Crippen LogP contribution in [0.15, 0.2) is 12.4 Å². The quantitative estimate of drug-likeness (QED) is 0.697. The van der Waals surface area contributed by atoms with Gasteiger partial charge in [0, 0.05) is 18.7 Å². The van der Waals surface area contributed by atoms with Crippen molar-refractivity contribution in [3.8, 4) is 0 Å². The summed E-state index contributed by atoms with van der Waals surface area (Å²) in [5.74, 6) is 0.868. The van der Waals surface area contributed by atoms with Crippen molar-refractivity contribution in [3.63, 3.8) is 0 Å². The van der Waals surface area contributed by atoms with Gasteiger partial charge in [0.15, 0.2) is 0 Å². The highest BCUT2D eigenvalue weighted by Crippen LogP contribution is 2.23. The first-order chi connectivity index (χ1) is 6.36. The second kappa shape index (κ2) is 3.70. The maximum atomic E-state index is 5.55. The van der Waals surface area contributed by atoms with E-state index in [2.05, 4.69) is 9.97 Å². The van der Waals surface area contributed by atoms with Gasteiger partial charge in [-0.15, -0.1) is 0 Å². The van der Waals surface area contributed by atoms with Crippen molar-refractivity contribution in [1.82, 2.24) is 9.97 Å². The lowest BCUT2D eigenvalue weighted by atomic mass is 9.99. The van der Waals surface area contributed by atoms with Crippen LogP contribution in [0, 0.1) is 0 Å². The molecule has 4 nitrogen and oxygen atoms in total. The highest BCUT2D eigenvalue weighted by molar-refractivity contribution is 5.25. The van der Waals surface area contributed by atoms with E-state index in [1.54, 1.807) is 12.4 Å². The molecule has 1 aromatic rings. The normalized spacial score (nSPS) is 22.9. The maximum Gasteiger partial charge on any atom is 0.142 e. The van der Waals surface area contributed by atoms with Crippen molar-refractivity contribution in [3.05, 3.63) is 18.1 Å². The molecular formula is C9H13N3O. The summed E-state index contributed by atoms with van der Waals surface area (Å²) < 4.78 is 5.37. The standard InChI is InChI=1S/C9H13N3O/c10-9-5-11-4-8(12-9)7-2-1-3-13-6-7/h4-5,7H,1-3,6H2,(H2,10,12). The molecule has 1 aliphatic rings. The van der Waals surface area contributed by atoms with Crippen LogP contribution in [0.25, 0.3) is 0 Å². The smallest absolute Gasteiger partial charge is 0.142 e. The first-order valence-electron chi connectivity index (χ1n) is 4.51. The molecule has 1 atom stereocenters.